The molecule has 1 fully saturated rings. The normalized spacial score (nSPS) is 20.3. The molecule has 1 unspecified atom stereocenters. The van der Waals surface area contributed by atoms with E-state index in [9.17, 15) is 0 Å². The molecule has 1 atom stereocenters. The van der Waals surface area contributed by atoms with Crippen LogP contribution in [0.3, 0.4) is 0 Å². The first kappa shape index (κ1) is 11.6. The minimum absolute atomic E-state index is 0.178. The second-order valence-corrected chi connectivity index (χ2v) is 4.99. The Balaban J connectivity index is 1.88. The maximum absolute atomic E-state index is 6.24. The highest BCUT2D eigenvalue weighted by Gasteiger charge is 2.16. The molecule has 0 saturated heterocycles. The molecule has 88 valence electrons. The molecule has 2 N–H and O–H groups in total. The van der Waals surface area contributed by atoms with Gasteiger partial charge in [0.25, 0.3) is 0 Å². The van der Waals surface area contributed by atoms with Gasteiger partial charge in [0.05, 0.1) is 0 Å². The van der Waals surface area contributed by atoms with E-state index in [0.717, 1.165) is 12.3 Å². The first-order chi connectivity index (χ1) is 7.86. The van der Waals surface area contributed by atoms with Crippen LogP contribution in [-0.4, -0.2) is 4.98 Å². The molecule has 1 aliphatic rings. The Kier molecular flexibility index (Phi) is 4.34. The number of hydrogen-bond acceptors (Lipinski definition) is 2. The SMILES string of the molecule is NC(CC1CCCCCC1)c1cccnc1. The zero-order valence-corrected chi connectivity index (χ0v) is 9.94. The van der Waals surface area contributed by atoms with Gasteiger partial charge in [0, 0.05) is 18.4 Å². The lowest BCUT2D eigenvalue weighted by atomic mass is 9.90. The molecule has 0 radical (unpaired) electrons. The van der Waals surface area contributed by atoms with Crippen LogP contribution in [0.2, 0.25) is 0 Å². The Hall–Kier alpha value is -0.890. The van der Waals surface area contributed by atoms with Gasteiger partial charge in [0.2, 0.25) is 0 Å². The van der Waals surface area contributed by atoms with Crippen LogP contribution in [0.15, 0.2) is 24.5 Å². The molecule has 1 aliphatic carbocycles. The van der Waals surface area contributed by atoms with Crippen LogP contribution < -0.4 is 5.73 Å². The summed E-state index contributed by atoms with van der Waals surface area (Å²) >= 11 is 0. The number of rotatable bonds is 3. The number of aromatic nitrogens is 1. The van der Waals surface area contributed by atoms with Crippen molar-refractivity contribution in [2.45, 2.75) is 51.0 Å². The average Bonchev–Trinajstić information content (AvgIpc) is 2.59. The van der Waals surface area contributed by atoms with Crippen LogP contribution in [0.1, 0.15) is 56.6 Å². The third-order valence-corrected chi connectivity index (χ3v) is 3.67. The van der Waals surface area contributed by atoms with E-state index in [1.165, 1.54) is 44.1 Å². The van der Waals surface area contributed by atoms with Gasteiger partial charge in [-0.1, -0.05) is 44.6 Å². The second-order valence-electron chi connectivity index (χ2n) is 4.99. The smallest absolute Gasteiger partial charge is 0.0315 e. The maximum atomic E-state index is 6.24. The van der Waals surface area contributed by atoms with E-state index in [1.807, 2.05) is 18.5 Å². The highest BCUT2D eigenvalue weighted by Crippen LogP contribution is 2.29. The van der Waals surface area contributed by atoms with Gasteiger partial charge in [-0.2, -0.15) is 0 Å². The summed E-state index contributed by atoms with van der Waals surface area (Å²) in [5.74, 6) is 0.831. The molecular formula is C14H22N2. The molecule has 1 heterocycles. The Morgan fingerprint density at radius 1 is 1.25 bits per heavy atom. The molecule has 1 aromatic rings. The average molecular weight is 218 g/mol. The third kappa shape index (κ3) is 3.31. The van der Waals surface area contributed by atoms with Crippen molar-refractivity contribution in [1.82, 2.24) is 4.98 Å². The fraction of sp³-hybridized carbons (Fsp3) is 0.643. The molecule has 0 amide bonds. The quantitative estimate of drug-likeness (QED) is 0.789. The van der Waals surface area contributed by atoms with Crippen LogP contribution in [0.5, 0.6) is 0 Å². The third-order valence-electron chi connectivity index (χ3n) is 3.67. The summed E-state index contributed by atoms with van der Waals surface area (Å²) in [5, 5.41) is 0. The summed E-state index contributed by atoms with van der Waals surface area (Å²) in [7, 11) is 0. The van der Waals surface area contributed by atoms with Gasteiger partial charge in [-0.15, -0.1) is 0 Å². The minimum Gasteiger partial charge on any atom is -0.324 e. The summed E-state index contributed by atoms with van der Waals surface area (Å²) in [6.07, 6.45) is 13.2. The highest BCUT2D eigenvalue weighted by atomic mass is 14.7. The molecule has 2 heteroatoms. The number of hydrogen-bond donors (Lipinski definition) is 1. The number of pyridine rings is 1. The Morgan fingerprint density at radius 2 is 2.00 bits per heavy atom. The summed E-state index contributed by atoms with van der Waals surface area (Å²) in [4.78, 5) is 4.14. The predicted octanol–water partition coefficient (Wildman–Crippen LogP) is 3.44. The van der Waals surface area contributed by atoms with Crippen molar-refractivity contribution in [2.24, 2.45) is 11.7 Å². The van der Waals surface area contributed by atoms with Crippen molar-refractivity contribution >= 4 is 0 Å². The lowest BCUT2D eigenvalue weighted by molar-refractivity contribution is 0.392. The zero-order chi connectivity index (χ0) is 11.2. The lowest BCUT2D eigenvalue weighted by Crippen LogP contribution is -2.15. The molecule has 0 spiro atoms. The molecular weight excluding hydrogens is 196 g/mol. The fourth-order valence-corrected chi connectivity index (χ4v) is 2.69. The van der Waals surface area contributed by atoms with Gasteiger partial charge in [0.1, 0.15) is 0 Å². The largest absolute Gasteiger partial charge is 0.324 e. The van der Waals surface area contributed by atoms with E-state index in [-0.39, 0.29) is 6.04 Å². The minimum atomic E-state index is 0.178. The van der Waals surface area contributed by atoms with Crippen molar-refractivity contribution in [2.75, 3.05) is 0 Å². The summed E-state index contributed by atoms with van der Waals surface area (Å²) < 4.78 is 0. The highest BCUT2D eigenvalue weighted by molar-refractivity contribution is 5.13. The van der Waals surface area contributed by atoms with Gasteiger partial charge in [-0.3, -0.25) is 4.98 Å². The van der Waals surface area contributed by atoms with Crippen molar-refractivity contribution in [3.63, 3.8) is 0 Å². The predicted molar refractivity (Wildman–Crippen MR) is 67.0 cm³/mol. The first-order valence-electron chi connectivity index (χ1n) is 6.52. The van der Waals surface area contributed by atoms with Gasteiger partial charge >= 0.3 is 0 Å². The molecule has 0 aromatic carbocycles. The number of nitrogens with zero attached hydrogens (tertiary/aromatic N) is 1. The van der Waals surface area contributed by atoms with Crippen LogP contribution in [-0.2, 0) is 0 Å². The van der Waals surface area contributed by atoms with Crippen molar-refractivity contribution in [3.8, 4) is 0 Å². The maximum Gasteiger partial charge on any atom is 0.0315 e. The fourth-order valence-electron chi connectivity index (χ4n) is 2.69. The molecule has 1 saturated carbocycles. The van der Waals surface area contributed by atoms with Gasteiger partial charge < -0.3 is 5.73 Å². The van der Waals surface area contributed by atoms with E-state index in [2.05, 4.69) is 11.1 Å². The van der Waals surface area contributed by atoms with Crippen LogP contribution in [0.4, 0.5) is 0 Å². The Labute approximate surface area is 98.3 Å². The summed E-state index contributed by atoms with van der Waals surface area (Å²) in [6.45, 7) is 0. The van der Waals surface area contributed by atoms with Gasteiger partial charge in [-0.05, 0) is 24.0 Å². The lowest BCUT2D eigenvalue weighted by Gasteiger charge is -2.19. The van der Waals surface area contributed by atoms with Gasteiger partial charge in [0.15, 0.2) is 0 Å². The van der Waals surface area contributed by atoms with Crippen LogP contribution >= 0.6 is 0 Å². The van der Waals surface area contributed by atoms with E-state index in [0.29, 0.717) is 0 Å². The summed E-state index contributed by atoms with van der Waals surface area (Å²) in [5.41, 5.74) is 7.42. The van der Waals surface area contributed by atoms with Crippen molar-refractivity contribution in [3.05, 3.63) is 30.1 Å². The van der Waals surface area contributed by atoms with Crippen LogP contribution in [0, 0.1) is 5.92 Å². The molecule has 0 aliphatic heterocycles. The monoisotopic (exact) mass is 218 g/mol. The zero-order valence-electron chi connectivity index (χ0n) is 9.94. The Bertz CT molecular complexity index is 289. The molecule has 1 aromatic heterocycles. The van der Waals surface area contributed by atoms with E-state index in [1.54, 1.807) is 0 Å². The molecule has 16 heavy (non-hydrogen) atoms. The standard InChI is InChI=1S/C14H22N2/c15-14(13-8-5-9-16-11-13)10-12-6-3-1-2-4-7-12/h5,8-9,11-12,14H,1-4,6-7,10,15H2. The molecule has 2 nitrogen and oxygen atoms in total. The molecule has 2 rings (SSSR count). The summed E-state index contributed by atoms with van der Waals surface area (Å²) in [6, 6.07) is 4.24. The van der Waals surface area contributed by atoms with E-state index >= 15 is 0 Å². The molecule has 0 bridgehead atoms. The van der Waals surface area contributed by atoms with E-state index in [4.69, 9.17) is 5.73 Å². The second kappa shape index (κ2) is 6.00. The van der Waals surface area contributed by atoms with Crippen molar-refractivity contribution in [1.29, 1.82) is 0 Å². The van der Waals surface area contributed by atoms with Crippen LogP contribution in [0.25, 0.3) is 0 Å². The number of nitrogens with two attached hydrogens (primary N) is 1. The Morgan fingerprint density at radius 3 is 2.62 bits per heavy atom. The topological polar surface area (TPSA) is 38.9 Å². The van der Waals surface area contributed by atoms with Gasteiger partial charge in [-0.25, -0.2) is 0 Å². The van der Waals surface area contributed by atoms with E-state index < -0.39 is 0 Å². The first-order valence-corrected chi connectivity index (χ1v) is 6.52. The van der Waals surface area contributed by atoms with Crippen molar-refractivity contribution < 1.29 is 0 Å².